The molecule has 30 heavy (non-hydrogen) atoms. The van der Waals surface area contributed by atoms with E-state index in [1.807, 2.05) is 30.9 Å². The third-order valence-corrected chi connectivity index (χ3v) is 6.45. The van der Waals surface area contributed by atoms with Crippen LogP contribution >= 0.6 is 0 Å². The minimum Gasteiger partial charge on any atom is -0.354 e. The molecule has 6 heterocycles. The highest BCUT2D eigenvalue weighted by Gasteiger charge is 2.47. The van der Waals surface area contributed by atoms with Gasteiger partial charge in [0.05, 0.1) is 35.6 Å². The third kappa shape index (κ3) is 2.77. The summed E-state index contributed by atoms with van der Waals surface area (Å²) in [5, 5.41) is 4.50. The Morgan fingerprint density at radius 1 is 1.20 bits per heavy atom. The van der Waals surface area contributed by atoms with E-state index in [2.05, 4.69) is 48.2 Å². The number of likely N-dealkylation sites (N-methyl/N-ethyl adjacent to an activating group) is 1. The van der Waals surface area contributed by atoms with E-state index in [1.54, 1.807) is 6.33 Å². The Morgan fingerprint density at radius 2 is 2.13 bits per heavy atom. The molecule has 6 rings (SSSR count). The summed E-state index contributed by atoms with van der Waals surface area (Å²) >= 11 is 0. The van der Waals surface area contributed by atoms with Gasteiger partial charge in [0.25, 0.3) is 0 Å². The summed E-state index contributed by atoms with van der Waals surface area (Å²) in [6, 6.07) is 2.39. The van der Waals surface area contributed by atoms with Crippen LogP contribution in [0.2, 0.25) is 0 Å². The number of nitrogens with zero attached hydrogens (tertiary/aromatic N) is 7. The lowest BCUT2D eigenvalue weighted by Gasteiger charge is -2.26. The molecular formula is C21H23N9. The average Bonchev–Trinajstić information content (AvgIpc) is 3.21. The standard InChI is InChI=1S/C21H23N9/c1-29(14-4-7-30(10-14)20-15-2-6-23-19(15)26-13-27-20)18-9-24-17(8-25-18)16-3-5-22-11-21(16)12-28-21/h2-3,5-6,8-9,13-14,28H,4,7,10-12H2,1H3,(H,23,26,27)/t14-,21?/m1/s1. The molecule has 9 heteroatoms. The summed E-state index contributed by atoms with van der Waals surface area (Å²) in [6.07, 6.45) is 12.3. The number of anilines is 2. The molecule has 0 aromatic carbocycles. The van der Waals surface area contributed by atoms with Crippen molar-refractivity contribution in [2.75, 3.05) is 43.0 Å². The van der Waals surface area contributed by atoms with Crippen LogP contribution < -0.4 is 15.1 Å². The normalized spacial score (nSPS) is 25.2. The lowest BCUT2D eigenvalue weighted by Crippen LogP contribution is -2.35. The molecule has 2 saturated heterocycles. The molecule has 0 amide bonds. The largest absolute Gasteiger partial charge is 0.354 e. The summed E-state index contributed by atoms with van der Waals surface area (Å²) in [7, 11) is 2.10. The highest BCUT2D eigenvalue weighted by Crippen LogP contribution is 2.35. The van der Waals surface area contributed by atoms with Gasteiger partial charge in [-0.1, -0.05) is 0 Å². The zero-order valence-electron chi connectivity index (χ0n) is 16.8. The number of fused-ring (bicyclic) bond motifs is 1. The lowest BCUT2D eigenvalue weighted by molar-refractivity contribution is 0.682. The molecule has 0 bridgehead atoms. The molecule has 3 aromatic heterocycles. The van der Waals surface area contributed by atoms with Crippen molar-refractivity contribution in [1.29, 1.82) is 0 Å². The number of allylic oxidation sites excluding steroid dienone is 1. The Kier molecular flexibility index (Phi) is 3.85. The lowest BCUT2D eigenvalue weighted by atomic mass is 9.94. The smallest absolute Gasteiger partial charge is 0.147 e. The van der Waals surface area contributed by atoms with Gasteiger partial charge in [0.2, 0.25) is 0 Å². The third-order valence-electron chi connectivity index (χ3n) is 6.45. The van der Waals surface area contributed by atoms with E-state index in [1.165, 1.54) is 5.57 Å². The number of H-pyrrole nitrogens is 1. The maximum Gasteiger partial charge on any atom is 0.147 e. The number of aliphatic imine (C=N–C) groups is 1. The van der Waals surface area contributed by atoms with E-state index in [0.29, 0.717) is 6.04 Å². The molecule has 3 aromatic rings. The molecule has 0 saturated carbocycles. The Morgan fingerprint density at radius 3 is 2.97 bits per heavy atom. The number of hydrogen-bond acceptors (Lipinski definition) is 8. The van der Waals surface area contributed by atoms with Crippen LogP contribution in [0.25, 0.3) is 16.6 Å². The molecule has 0 aliphatic carbocycles. The molecule has 0 radical (unpaired) electrons. The van der Waals surface area contributed by atoms with Crippen molar-refractivity contribution >= 4 is 34.5 Å². The van der Waals surface area contributed by atoms with E-state index in [9.17, 15) is 0 Å². The maximum absolute atomic E-state index is 4.73. The number of dihydropyridines is 1. The maximum atomic E-state index is 4.73. The SMILES string of the molecule is CN(c1cnc(C2=CC=NCC23CN3)cn1)[C@@H]1CCN(c2ncnc3[nH]ccc23)C1. The zero-order valence-corrected chi connectivity index (χ0v) is 16.8. The van der Waals surface area contributed by atoms with Crippen LogP contribution in [0.4, 0.5) is 11.6 Å². The fourth-order valence-electron chi connectivity index (χ4n) is 4.51. The number of hydrogen-bond donors (Lipinski definition) is 2. The second-order valence-electron chi connectivity index (χ2n) is 8.20. The van der Waals surface area contributed by atoms with Gasteiger partial charge in [-0.15, -0.1) is 0 Å². The van der Waals surface area contributed by atoms with Crippen molar-refractivity contribution < 1.29 is 0 Å². The van der Waals surface area contributed by atoms with Crippen molar-refractivity contribution in [1.82, 2.24) is 30.2 Å². The summed E-state index contributed by atoms with van der Waals surface area (Å²) in [5.74, 6) is 1.88. The van der Waals surface area contributed by atoms with E-state index < -0.39 is 0 Å². The van der Waals surface area contributed by atoms with Crippen molar-refractivity contribution in [2.24, 2.45) is 4.99 Å². The predicted molar refractivity (Wildman–Crippen MR) is 117 cm³/mol. The first kappa shape index (κ1) is 17.5. The first-order chi connectivity index (χ1) is 14.7. The first-order valence-corrected chi connectivity index (χ1v) is 10.3. The van der Waals surface area contributed by atoms with Crippen LogP contribution in [0, 0.1) is 0 Å². The van der Waals surface area contributed by atoms with Crippen LogP contribution in [0.5, 0.6) is 0 Å². The molecular weight excluding hydrogens is 378 g/mol. The van der Waals surface area contributed by atoms with Gasteiger partial charge in [-0.3, -0.25) is 9.98 Å². The van der Waals surface area contributed by atoms with Gasteiger partial charge >= 0.3 is 0 Å². The minimum atomic E-state index is -0.0239. The summed E-state index contributed by atoms with van der Waals surface area (Å²) in [6.45, 7) is 3.58. The summed E-state index contributed by atoms with van der Waals surface area (Å²) in [4.78, 5) is 30.4. The first-order valence-electron chi connectivity index (χ1n) is 10.3. The van der Waals surface area contributed by atoms with Gasteiger partial charge < -0.3 is 20.1 Å². The zero-order chi connectivity index (χ0) is 20.1. The van der Waals surface area contributed by atoms with Crippen LogP contribution in [0.15, 0.2) is 42.1 Å². The van der Waals surface area contributed by atoms with E-state index in [-0.39, 0.29) is 5.54 Å². The highest BCUT2D eigenvalue weighted by molar-refractivity contribution is 5.91. The van der Waals surface area contributed by atoms with Crippen LogP contribution in [0.1, 0.15) is 12.1 Å². The fourth-order valence-corrected chi connectivity index (χ4v) is 4.51. The van der Waals surface area contributed by atoms with Crippen LogP contribution in [-0.4, -0.2) is 75.9 Å². The van der Waals surface area contributed by atoms with Crippen molar-refractivity contribution in [3.8, 4) is 0 Å². The van der Waals surface area contributed by atoms with Crippen molar-refractivity contribution in [2.45, 2.75) is 18.0 Å². The topological polar surface area (TPSA) is 108 Å². The van der Waals surface area contributed by atoms with Gasteiger partial charge in [-0.05, 0) is 18.6 Å². The highest BCUT2D eigenvalue weighted by atomic mass is 15.3. The summed E-state index contributed by atoms with van der Waals surface area (Å²) in [5.41, 5.74) is 2.96. The fraction of sp³-hybridized carbons (Fsp3) is 0.381. The van der Waals surface area contributed by atoms with Gasteiger partial charge in [0.1, 0.15) is 23.6 Å². The second kappa shape index (κ2) is 6.60. The van der Waals surface area contributed by atoms with Gasteiger partial charge in [0.15, 0.2) is 0 Å². The molecule has 9 nitrogen and oxygen atoms in total. The monoisotopic (exact) mass is 401 g/mol. The Labute approximate surface area is 174 Å². The number of nitrogens with one attached hydrogen (secondary N) is 2. The molecule has 3 aliphatic rings. The molecule has 152 valence electrons. The quantitative estimate of drug-likeness (QED) is 0.634. The Balaban J connectivity index is 1.19. The molecule has 1 unspecified atom stereocenters. The van der Waals surface area contributed by atoms with Gasteiger partial charge in [-0.25, -0.2) is 15.0 Å². The molecule has 2 N–H and O–H groups in total. The molecule has 3 aliphatic heterocycles. The van der Waals surface area contributed by atoms with Crippen LogP contribution in [0.3, 0.4) is 0 Å². The summed E-state index contributed by atoms with van der Waals surface area (Å²) < 4.78 is 0. The minimum absolute atomic E-state index is 0.0239. The van der Waals surface area contributed by atoms with E-state index in [4.69, 9.17) is 9.97 Å². The predicted octanol–water partition coefficient (Wildman–Crippen LogP) is 1.27. The number of aromatic nitrogens is 5. The molecule has 2 fully saturated rings. The van der Waals surface area contributed by atoms with Crippen LogP contribution in [-0.2, 0) is 0 Å². The van der Waals surface area contributed by atoms with Gasteiger partial charge in [0, 0.05) is 50.7 Å². The number of aromatic amines is 1. The van der Waals surface area contributed by atoms with E-state index >= 15 is 0 Å². The van der Waals surface area contributed by atoms with Gasteiger partial charge in [-0.2, -0.15) is 0 Å². The van der Waals surface area contributed by atoms with E-state index in [0.717, 1.165) is 61.0 Å². The molecule has 2 atom stereocenters. The second-order valence-corrected chi connectivity index (χ2v) is 8.20. The Hall–Kier alpha value is -3.33. The van der Waals surface area contributed by atoms with Crippen molar-refractivity contribution in [3.05, 3.63) is 42.8 Å². The Bertz CT molecular complexity index is 1140. The molecule has 1 spiro atoms. The average molecular weight is 401 g/mol. The number of rotatable bonds is 4. The van der Waals surface area contributed by atoms with Crippen molar-refractivity contribution in [3.63, 3.8) is 0 Å².